The van der Waals surface area contributed by atoms with Crippen LogP contribution in [0.4, 0.5) is 5.69 Å². The highest BCUT2D eigenvalue weighted by atomic mass is 35.5. The number of aryl methyl sites for hydroxylation is 1. The van der Waals surface area contributed by atoms with E-state index in [0.717, 1.165) is 16.6 Å². The fourth-order valence-electron chi connectivity index (χ4n) is 5.07. The van der Waals surface area contributed by atoms with E-state index in [0.29, 0.717) is 17.0 Å². The Hall–Kier alpha value is -4.14. The number of aliphatic hydroxyl groups is 1. The lowest BCUT2D eigenvalue weighted by atomic mass is 9.93. The molecule has 1 atom stereocenters. The number of carbonyl (C=O) groups is 2. The number of anilines is 1. The molecule has 0 spiro atoms. The Morgan fingerprint density at radius 3 is 2.36 bits per heavy atom. The average Bonchev–Trinajstić information content (AvgIpc) is 3.39. The van der Waals surface area contributed by atoms with Crippen LogP contribution in [0.5, 0.6) is 17.2 Å². The van der Waals surface area contributed by atoms with Crippen molar-refractivity contribution in [2.75, 3.05) is 26.2 Å². The van der Waals surface area contributed by atoms with Gasteiger partial charge in [-0.3, -0.25) is 14.5 Å². The molecule has 1 aromatic heterocycles. The first-order chi connectivity index (χ1) is 18.7. The van der Waals surface area contributed by atoms with Crippen molar-refractivity contribution >= 4 is 57.2 Å². The third-order valence-corrected chi connectivity index (χ3v) is 7.41. The minimum Gasteiger partial charge on any atom is -0.507 e. The first kappa shape index (κ1) is 26.5. The summed E-state index contributed by atoms with van der Waals surface area (Å²) in [7, 11) is 4.27. The summed E-state index contributed by atoms with van der Waals surface area (Å²) in [6.45, 7) is 1.85. The molecule has 1 aliphatic heterocycles. The van der Waals surface area contributed by atoms with Gasteiger partial charge in [0.25, 0.3) is 11.7 Å². The molecule has 1 amide bonds. The van der Waals surface area contributed by atoms with Crippen LogP contribution < -0.4 is 19.1 Å². The van der Waals surface area contributed by atoms with Crippen molar-refractivity contribution < 1.29 is 28.9 Å². The van der Waals surface area contributed by atoms with E-state index in [2.05, 4.69) is 4.98 Å². The van der Waals surface area contributed by atoms with Crippen molar-refractivity contribution in [1.82, 2.24) is 4.98 Å². The van der Waals surface area contributed by atoms with E-state index in [-0.39, 0.29) is 32.7 Å². The fraction of sp³-hybridized carbons (Fsp3) is 0.172. The third-order valence-electron chi connectivity index (χ3n) is 6.79. The molecule has 200 valence electrons. The van der Waals surface area contributed by atoms with E-state index in [1.165, 1.54) is 32.3 Å². The van der Waals surface area contributed by atoms with E-state index in [4.69, 9.17) is 37.4 Å². The molecule has 1 aliphatic rings. The molecule has 0 saturated carbocycles. The normalized spacial score (nSPS) is 16.7. The van der Waals surface area contributed by atoms with Crippen LogP contribution in [0.2, 0.25) is 10.0 Å². The minimum atomic E-state index is -1.00. The fourth-order valence-corrected chi connectivity index (χ4v) is 5.76. The molecular formula is C29H24Cl2N2O6. The van der Waals surface area contributed by atoms with Gasteiger partial charge in [-0.2, -0.15) is 0 Å². The number of hydrogen-bond donors (Lipinski definition) is 2. The molecule has 1 saturated heterocycles. The van der Waals surface area contributed by atoms with Gasteiger partial charge in [0.05, 0.1) is 43.5 Å². The number of Topliss-reactive ketones (excluding diaryl/α,β-unsaturated/α-hetero) is 1. The molecule has 2 N–H and O–H groups in total. The molecule has 0 bridgehead atoms. The van der Waals surface area contributed by atoms with Gasteiger partial charge in [-0.15, -0.1) is 0 Å². The molecule has 4 aromatic rings. The van der Waals surface area contributed by atoms with Crippen molar-refractivity contribution in [3.63, 3.8) is 0 Å². The number of ketones is 1. The molecule has 1 unspecified atom stereocenters. The third kappa shape index (κ3) is 4.16. The number of rotatable bonds is 6. The van der Waals surface area contributed by atoms with Crippen molar-refractivity contribution in [1.29, 1.82) is 0 Å². The first-order valence-electron chi connectivity index (χ1n) is 11.9. The maximum Gasteiger partial charge on any atom is 0.300 e. The second-order valence-corrected chi connectivity index (χ2v) is 9.65. The van der Waals surface area contributed by atoms with E-state index in [1.807, 2.05) is 31.2 Å². The van der Waals surface area contributed by atoms with Gasteiger partial charge in [-0.05, 0) is 31.2 Å². The van der Waals surface area contributed by atoms with Gasteiger partial charge in [-0.1, -0.05) is 47.5 Å². The van der Waals surface area contributed by atoms with Gasteiger partial charge in [0.15, 0.2) is 11.5 Å². The Morgan fingerprint density at radius 1 is 0.949 bits per heavy atom. The van der Waals surface area contributed by atoms with Crippen molar-refractivity contribution in [3.05, 3.63) is 87.0 Å². The van der Waals surface area contributed by atoms with Crippen LogP contribution in [0.15, 0.2) is 60.2 Å². The monoisotopic (exact) mass is 566 g/mol. The largest absolute Gasteiger partial charge is 0.507 e. The topological polar surface area (TPSA) is 101 Å². The molecule has 8 nitrogen and oxygen atoms in total. The molecule has 39 heavy (non-hydrogen) atoms. The predicted molar refractivity (Wildman–Crippen MR) is 150 cm³/mol. The molecule has 1 fully saturated rings. The Bertz CT molecular complexity index is 1680. The van der Waals surface area contributed by atoms with Gasteiger partial charge in [0.1, 0.15) is 16.5 Å². The second kappa shape index (κ2) is 10.2. The number of aromatic nitrogens is 1. The van der Waals surface area contributed by atoms with Crippen molar-refractivity contribution in [2.24, 2.45) is 0 Å². The summed E-state index contributed by atoms with van der Waals surface area (Å²) in [5.74, 6) is -1.50. The summed E-state index contributed by atoms with van der Waals surface area (Å²) in [5, 5.41) is 12.6. The maximum atomic E-state index is 13.7. The molecule has 2 heterocycles. The number of benzene rings is 3. The number of H-pyrrole nitrogens is 1. The molecule has 10 heteroatoms. The van der Waals surface area contributed by atoms with Crippen LogP contribution in [0.3, 0.4) is 0 Å². The zero-order chi connectivity index (χ0) is 28.0. The van der Waals surface area contributed by atoms with Gasteiger partial charge >= 0.3 is 0 Å². The standard InChI is InChI=1S/C29H24Cl2N2O6/c1-14-21(17-10-5-6-11-20(17)32-14)24-22(25(34)18-13-19(30)28(39-4)23(31)27(18)38-3)26(35)29(36)33(24)15-8-7-9-16(12-15)37-2/h5-13,24,32,34H,1-4H3/b25-22+. The Kier molecular flexibility index (Phi) is 6.92. The van der Waals surface area contributed by atoms with Gasteiger partial charge in [0, 0.05) is 33.9 Å². The van der Waals surface area contributed by atoms with Crippen LogP contribution >= 0.6 is 23.2 Å². The van der Waals surface area contributed by atoms with E-state index >= 15 is 0 Å². The second-order valence-electron chi connectivity index (χ2n) is 8.87. The Morgan fingerprint density at radius 2 is 1.67 bits per heavy atom. The zero-order valence-corrected chi connectivity index (χ0v) is 23.0. The summed E-state index contributed by atoms with van der Waals surface area (Å²) in [4.78, 5) is 32.1. The average molecular weight is 567 g/mol. The zero-order valence-electron chi connectivity index (χ0n) is 21.5. The molecule has 3 aromatic carbocycles. The lowest BCUT2D eigenvalue weighted by molar-refractivity contribution is -0.132. The van der Waals surface area contributed by atoms with Gasteiger partial charge in [-0.25, -0.2) is 0 Å². The first-order valence-corrected chi connectivity index (χ1v) is 12.6. The Balaban J connectivity index is 1.85. The summed E-state index contributed by atoms with van der Waals surface area (Å²) < 4.78 is 16.1. The molecule has 5 rings (SSSR count). The number of halogens is 2. The smallest absolute Gasteiger partial charge is 0.300 e. The number of carbonyl (C=O) groups excluding carboxylic acids is 2. The number of ether oxygens (including phenoxy) is 3. The van der Waals surface area contributed by atoms with Gasteiger partial charge in [0.2, 0.25) is 0 Å². The van der Waals surface area contributed by atoms with Gasteiger partial charge < -0.3 is 24.3 Å². The van der Waals surface area contributed by atoms with Crippen LogP contribution in [0.1, 0.15) is 22.9 Å². The lowest BCUT2D eigenvalue weighted by Crippen LogP contribution is -2.29. The van der Waals surface area contributed by atoms with Crippen LogP contribution in [0.25, 0.3) is 16.7 Å². The highest BCUT2D eigenvalue weighted by Crippen LogP contribution is 2.49. The number of amides is 1. The summed E-state index contributed by atoms with van der Waals surface area (Å²) in [6, 6.07) is 14.7. The van der Waals surface area contributed by atoms with Crippen molar-refractivity contribution in [3.8, 4) is 17.2 Å². The number of fused-ring (bicyclic) bond motifs is 1. The highest BCUT2D eigenvalue weighted by molar-refractivity contribution is 6.52. The molecule has 0 radical (unpaired) electrons. The maximum absolute atomic E-state index is 13.7. The molecular weight excluding hydrogens is 543 g/mol. The number of aliphatic hydroxyl groups excluding tert-OH is 1. The lowest BCUT2D eigenvalue weighted by Gasteiger charge is -2.26. The number of para-hydroxylation sites is 1. The van der Waals surface area contributed by atoms with Crippen LogP contribution in [-0.4, -0.2) is 43.1 Å². The van der Waals surface area contributed by atoms with E-state index < -0.39 is 23.5 Å². The van der Waals surface area contributed by atoms with E-state index in [1.54, 1.807) is 24.3 Å². The SMILES string of the molecule is COc1cccc(N2C(=O)C(=O)/C(=C(/O)c3cc(Cl)c(OC)c(Cl)c3OC)C2c2c(C)[nH]c3ccccc23)c1. The number of nitrogens with zero attached hydrogens (tertiary/aromatic N) is 1. The van der Waals surface area contributed by atoms with Crippen molar-refractivity contribution in [2.45, 2.75) is 13.0 Å². The number of nitrogens with one attached hydrogen (secondary N) is 1. The number of methoxy groups -OCH3 is 3. The van der Waals surface area contributed by atoms with Crippen LogP contribution in [0, 0.1) is 6.92 Å². The highest BCUT2D eigenvalue weighted by Gasteiger charge is 2.48. The Labute approximate surface area is 234 Å². The summed E-state index contributed by atoms with van der Waals surface area (Å²) in [6.07, 6.45) is 0. The summed E-state index contributed by atoms with van der Waals surface area (Å²) >= 11 is 12.9. The molecule has 0 aliphatic carbocycles. The van der Waals surface area contributed by atoms with E-state index in [9.17, 15) is 14.7 Å². The number of hydrogen-bond acceptors (Lipinski definition) is 6. The predicted octanol–water partition coefficient (Wildman–Crippen LogP) is 6.44. The van der Waals surface area contributed by atoms with Crippen LogP contribution in [-0.2, 0) is 9.59 Å². The number of aromatic amines is 1. The minimum absolute atomic E-state index is 0.0101. The quantitative estimate of drug-likeness (QED) is 0.158. The summed E-state index contributed by atoms with van der Waals surface area (Å²) in [5.41, 5.74) is 2.50.